The quantitative estimate of drug-likeness (QED) is 0.146. The van der Waals surface area contributed by atoms with Crippen LogP contribution < -0.4 is 0 Å². The fourth-order valence-corrected chi connectivity index (χ4v) is 16.2. The Morgan fingerprint density at radius 1 is 0.232 bits per heavy atom. The molecule has 0 aliphatic heterocycles. The maximum absolute atomic E-state index is 2.45. The molecule has 0 fully saturated rings. The average molecular weight is 1210 g/mol. The largest absolute Gasteiger partial charge is 0.0807 e. The predicted octanol–water partition coefficient (Wildman–Crippen LogP) is 26.1. The minimum Gasteiger partial charge on any atom is -0.0807 e. The lowest BCUT2D eigenvalue weighted by Crippen LogP contribution is -1.94. The van der Waals surface area contributed by atoms with Gasteiger partial charge in [0, 0.05) is 0 Å². The second-order valence-electron chi connectivity index (χ2n) is 25.9. The van der Waals surface area contributed by atoms with Gasteiger partial charge in [-0.25, -0.2) is 0 Å². The van der Waals surface area contributed by atoms with Crippen molar-refractivity contribution in [2.24, 2.45) is 0 Å². The first kappa shape index (κ1) is 56.1. The summed E-state index contributed by atoms with van der Waals surface area (Å²) in [4.78, 5) is 0. The number of hydrogen-bond acceptors (Lipinski definition) is 0. The smallest absolute Gasteiger partial charge is 0.00132 e. The predicted molar refractivity (Wildman–Crippen MR) is 410 cm³/mol. The average Bonchev–Trinajstić information content (AvgIpc) is 1.66. The van der Waals surface area contributed by atoms with E-state index in [-0.39, 0.29) is 0 Å². The van der Waals surface area contributed by atoms with Gasteiger partial charge in [0.25, 0.3) is 0 Å². The SMILES string of the molecule is C1=C(c2c3ccccc3c(-c3ccc4ccccc4c3)c3ccccc23)CCC1.C1=C(c2c3ccccc3c(-c3ccc4ccccc4c3)c3ccccc23)Cc2ccccc21.C1=C(c2c3ccccc3c(-c3ccc4ccccc4c3)c3ccccc23)c2ccccc2C1. The summed E-state index contributed by atoms with van der Waals surface area (Å²) in [7, 11) is 0. The van der Waals surface area contributed by atoms with Gasteiger partial charge in [-0.1, -0.05) is 322 Å². The second-order valence-corrected chi connectivity index (χ2v) is 25.9. The fourth-order valence-electron chi connectivity index (χ4n) is 16.2. The lowest BCUT2D eigenvalue weighted by atomic mass is 9.84. The van der Waals surface area contributed by atoms with Crippen molar-refractivity contribution in [2.75, 3.05) is 0 Å². The Bertz CT molecular complexity index is 5890. The Hall–Kier alpha value is -11.7. The van der Waals surface area contributed by atoms with Gasteiger partial charge in [-0.15, -0.1) is 0 Å². The summed E-state index contributed by atoms with van der Waals surface area (Å²) in [5.74, 6) is 0. The van der Waals surface area contributed by atoms with E-state index in [2.05, 4.69) is 340 Å². The molecule has 0 heterocycles. The standard InChI is InChI=1S/2C33H22.C29H22/c1-2-11-24-21-25(18-17-22(24)9-1)32-27-13-5-7-15-29(27)33(30-16-8-6-14-28(30)32)31-20-19-23-10-3-4-12-26(23)31;1-2-10-23-19-26(18-17-22(23)9-1)32-28-13-5-7-15-30(28)33(31-16-8-6-14-29(31)32)27-20-24-11-3-4-12-25(24)21-27;1-4-12-22-19-23(18-17-20(22)9-1)29-26-15-7-5-13-24(26)28(21-10-2-3-11-21)25-14-6-8-16-27(25)29/h1-18,20-21H,19H2;1-20H,21H2;1,4-10,12-19H,2-3,11H2. The Kier molecular flexibility index (Phi) is 14.0. The third-order valence-electron chi connectivity index (χ3n) is 20.5. The highest BCUT2D eigenvalue weighted by Crippen LogP contribution is 2.49. The minimum absolute atomic E-state index is 0.986. The molecule has 17 aromatic rings. The highest BCUT2D eigenvalue weighted by atomic mass is 14.3. The van der Waals surface area contributed by atoms with Crippen LogP contribution in [0.5, 0.6) is 0 Å². The zero-order chi connectivity index (χ0) is 62.8. The van der Waals surface area contributed by atoms with Gasteiger partial charge in [-0.2, -0.15) is 0 Å². The zero-order valence-corrected chi connectivity index (χ0v) is 52.9. The van der Waals surface area contributed by atoms with E-state index in [4.69, 9.17) is 0 Å². The van der Waals surface area contributed by atoms with Crippen molar-refractivity contribution >= 4 is 120 Å². The molecule has 0 aromatic heterocycles. The van der Waals surface area contributed by atoms with Crippen LogP contribution in [0.3, 0.4) is 0 Å². The van der Waals surface area contributed by atoms with Crippen LogP contribution in [-0.4, -0.2) is 0 Å². The van der Waals surface area contributed by atoms with Crippen LogP contribution in [0.15, 0.2) is 334 Å². The lowest BCUT2D eigenvalue weighted by molar-refractivity contribution is 0.936. The molecule has 0 radical (unpaired) electrons. The maximum atomic E-state index is 2.45. The molecule has 0 saturated heterocycles. The van der Waals surface area contributed by atoms with Crippen LogP contribution in [0.1, 0.15) is 58.2 Å². The van der Waals surface area contributed by atoms with Gasteiger partial charge in [0.1, 0.15) is 0 Å². The Balaban J connectivity index is 0.000000105. The molecule has 446 valence electrons. The summed E-state index contributed by atoms with van der Waals surface area (Å²) in [6, 6.07) is 118. The summed E-state index contributed by atoms with van der Waals surface area (Å²) in [5.41, 5.74) is 21.9. The lowest BCUT2D eigenvalue weighted by Gasteiger charge is -2.19. The van der Waals surface area contributed by atoms with Gasteiger partial charge in [0.15, 0.2) is 0 Å². The fraction of sp³-hybridized carbons (Fsp3) is 0.0526. The molecule has 0 atom stereocenters. The van der Waals surface area contributed by atoms with Gasteiger partial charge in [0.05, 0.1) is 0 Å². The summed E-state index contributed by atoms with van der Waals surface area (Å²) in [6.07, 6.45) is 12.9. The molecule has 3 aliphatic rings. The molecular formula is C95H66. The van der Waals surface area contributed by atoms with Crippen LogP contribution in [0, 0.1) is 0 Å². The molecule has 0 heteroatoms. The van der Waals surface area contributed by atoms with E-state index < -0.39 is 0 Å². The summed E-state index contributed by atoms with van der Waals surface area (Å²) in [6.45, 7) is 0. The summed E-state index contributed by atoms with van der Waals surface area (Å²) in [5, 5.41) is 23.7. The molecule has 0 unspecified atom stereocenters. The van der Waals surface area contributed by atoms with E-state index >= 15 is 0 Å². The molecule has 20 rings (SSSR count). The van der Waals surface area contributed by atoms with Crippen molar-refractivity contribution < 1.29 is 0 Å². The first-order valence-corrected chi connectivity index (χ1v) is 33.7. The molecular weight excluding hydrogens is 1140 g/mol. The third kappa shape index (κ3) is 9.83. The Labute approximate surface area is 554 Å². The van der Waals surface area contributed by atoms with E-state index in [1.165, 1.54) is 205 Å². The second kappa shape index (κ2) is 23.8. The highest BCUT2D eigenvalue weighted by molar-refractivity contribution is 6.23. The minimum atomic E-state index is 0.986. The van der Waals surface area contributed by atoms with Crippen molar-refractivity contribution in [3.05, 3.63) is 373 Å². The number of hydrogen-bond donors (Lipinski definition) is 0. The molecule has 0 bridgehead atoms. The van der Waals surface area contributed by atoms with E-state index in [9.17, 15) is 0 Å². The van der Waals surface area contributed by atoms with E-state index in [1.54, 1.807) is 0 Å². The number of allylic oxidation sites excluding steroid dienone is 4. The van der Waals surface area contributed by atoms with E-state index in [1.807, 2.05) is 0 Å². The molecule has 0 saturated carbocycles. The Morgan fingerprint density at radius 2 is 0.558 bits per heavy atom. The van der Waals surface area contributed by atoms with Crippen LogP contribution in [-0.2, 0) is 12.8 Å². The van der Waals surface area contributed by atoms with Crippen LogP contribution in [0.4, 0.5) is 0 Å². The van der Waals surface area contributed by atoms with Crippen molar-refractivity contribution in [3.63, 3.8) is 0 Å². The van der Waals surface area contributed by atoms with Gasteiger partial charge in [-0.05, 0) is 236 Å². The van der Waals surface area contributed by atoms with Crippen molar-refractivity contribution in [3.8, 4) is 33.4 Å². The Morgan fingerprint density at radius 3 is 0.947 bits per heavy atom. The van der Waals surface area contributed by atoms with Crippen molar-refractivity contribution in [2.45, 2.75) is 32.1 Å². The molecule has 95 heavy (non-hydrogen) atoms. The van der Waals surface area contributed by atoms with Crippen LogP contribution in [0.25, 0.3) is 153 Å². The van der Waals surface area contributed by atoms with Crippen LogP contribution >= 0.6 is 0 Å². The summed E-state index contributed by atoms with van der Waals surface area (Å²) >= 11 is 0. The van der Waals surface area contributed by atoms with Gasteiger partial charge in [-0.3, -0.25) is 0 Å². The van der Waals surface area contributed by atoms with Crippen molar-refractivity contribution in [1.82, 2.24) is 0 Å². The molecule has 0 amide bonds. The first-order valence-electron chi connectivity index (χ1n) is 33.7. The normalized spacial score (nSPS) is 13.2. The van der Waals surface area contributed by atoms with Crippen LogP contribution in [0.2, 0.25) is 0 Å². The maximum Gasteiger partial charge on any atom is -0.00132 e. The number of fused-ring (bicyclic) bond motifs is 11. The van der Waals surface area contributed by atoms with E-state index in [0.717, 1.165) is 12.8 Å². The highest BCUT2D eigenvalue weighted by Gasteiger charge is 2.25. The van der Waals surface area contributed by atoms with E-state index in [0.29, 0.717) is 0 Å². The van der Waals surface area contributed by atoms with Gasteiger partial charge < -0.3 is 0 Å². The topological polar surface area (TPSA) is 0 Å². The molecule has 3 aliphatic carbocycles. The third-order valence-corrected chi connectivity index (χ3v) is 20.5. The zero-order valence-electron chi connectivity index (χ0n) is 52.9. The molecule has 0 nitrogen and oxygen atoms in total. The van der Waals surface area contributed by atoms with Gasteiger partial charge in [0.2, 0.25) is 0 Å². The molecule has 0 spiro atoms. The van der Waals surface area contributed by atoms with Gasteiger partial charge >= 0.3 is 0 Å². The molecule has 17 aromatic carbocycles. The molecule has 0 N–H and O–H groups in total. The first-order chi connectivity index (χ1) is 47.1. The summed E-state index contributed by atoms with van der Waals surface area (Å²) < 4.78 is 0. The number of rotatable bonds is 6. The van der Waals surface area contributed by atoms with Crippen molar-refractivity contribution in [1.29, 1.82) is 0 Å². The number of benzene rings is 17. The monoisotopic (exact) mass is 1210 g/mol.